The van der Waals surface area contributed by atoms with Gasteiger partial charge in [-0.2, -0.15) is 5.10 Å². The normalized spacial score (nSPS) is 10.6. The number of hydrazone groups is 1. The van der Waals surface area contributed by atoms with Crippen LogP contribution in [-0.2, 0) is 0 Å². The number of hydrogen-bond donors (Lipinski definition) is 1. The minimum atomic E-state index is -0.207. The summed E-state index contributed by atoms with van der Waals surface area (Å²) in [6.07, 6.45) is 1.61. The number of nitrogens with one attached hydrogen (secondary N) is 1. The van der Waals surface area contributed by atoms with Gasteiger partial charge in [-0.05, 0) is 24.6 Å². The van der Waals surface area contributed by atoms with Crippen molar-refractivity contribution in [3.63, 3.8) is 0 Å². The van der Waals surface area contributed by atoms with Crippen LogP contribution < -0.4 is 5.43 Å². The fourth-order valence-corrected chi connectivity index (χ4v) is 2.02. The molecule has 19 heavy (non-hydrogen) atoms. The molecule has 0 spiro atoms. The van der Waals surface area contributed by atoms with Crippen LogP contribution in [0.25, 0.3) is 0 Å². The molecule has 0 bridgehead atoms. The average Bonchev–Trinajstić information content (AvgIpc) is 2.41. The molecule has 3 nitrogen and oxygen atoms in total. The number of aryl methyl sites for hydroxylation is 1. The Hall–Kier alpha value is -1.94. The third-order valence-corrected chi connectivity index (χ3v) is 3.39. The third kappa shape index (κ3) is 3.51. The zero-order valence-electron chi connectivity index (χ0n) is 10.4. The van der Waals surface area contributed by atoms with Gasteiger partial charge in [0.15, 0.2) is 0 Å². The Morgan fingerprint density at radius 2 is 1.84 bits per heavy atom. The van der Waals surface area contributed by atoms with E-state index in [9.17, 15) is 4.79 Å². The van der Waals surface area contributed by atoms with Gasteiger partial charge in [0.2, 0.25) is 0 Å². The van der Waals surface area contributed by atoms with E-state index >= 15 is 0 Å². The summed E-state index contributed by atoms with van der Waals surface area (Å²) in [5.41, 5.74) is 4.99. The number of benzene rings is 2. The van der Waals surface area contributed by atoms with E-state index in [1.54, 1.807) is 12.3 Å². The van der Waals surface area contributed by atoms with E-state index in [0.717, 1.165) is 15.6 Å². The van der Waals surface area contributed by atoms with Crippen LogP contribution in [-0.4, -0.2) is 12.1 Å². The van der Waals surface area contributed by atoms with Crippen LogP contribution in [0.1, 0.15) is 21.5 Å². The summed E-state index contributed by atoms with van der Waals surface area (Å²) in [6.45, 7) is 1.90. The van der Waals surface area contributed by atoms with E-state index in [1.807, 2.05) is 49.4 Å². The number of carbonyl (C=O) groups is 1. The molecule has 1 amide bonds. The van der Waals surface area contributed by atoms with E-state index in [1.165, 1.54) is 0 Å². The first-order chi connectivity index (χ1) is 9.18. The first-order valence-electron chi connectivity index (χ1n) is 5.82. The Balaban J connectivity index is 2.06. The van der Waals surface area contributed by atoms with E-state index in [0.29, 0.717) is 5.56 Å². The second-order valence-corrected chi connectivity index (χ2v) is 4.89. The van der Waals surface area contributed by atoms with Crippen LogP contribution in [0.2, 0.25) is 0 Å². The van der Waals surface area contributed by atoms with Crippen molar-refractivity contribution in [2.24, 2.45) is 5.10 Å². The zero-order valence-corrected chi connectivity index (χ0v) is 12.0. The molecule has 0 aromatic heterocycles. The third-order valence-electron chi connectivity index (χ3n) is 2.66. The maximum atomic E-state index is 11.9. The van der Waals surface area contributed by atoms with Gasteiger partial charge < -0.3 is 0 Å². The average molecular weight is 317 g/mol. The lowest BCUT2D eigenvalue weighted by Crippen LogP contribution is -2.18. The summed E-state index contributed by atoms with van der Waals surface area (Å²) in [4.78, 5) is 11.9. The Labute approximate surface area is 120 Å². The minimum Gasteiger partial charge on any atom is -0.267 e. The molecule has 96 valence electrons. The number of carbonyl (C=O) groups excluding carboxylic acids is 1. The van der Waals surface area contributed by atoms with Gasteiger partial charge in [-0.15, -0.1) is 0 Å². The lowest BCUT2D eigenvalue weighted by atomic mass is 10.1. The van der Waals surface area contributed by atoms with Crippen LogP contribution in [0.5, 0.6) is 0 Å². The van der Waals surface area contributed by atoms with Gasteiger partial charge in [0, 0.05) is 15.6 Å². The molecule has 2 aromatic carbocycles. The van der Waals surface area contributed by atoms with Crippen LogP contribution in [0, 0.1) is 6.92 Å². The lowest BCUT2D eigenvalue weighted by Gasteiger charge is -2.03. The van der Waals surface area contributed by atoms with Gasteiger partial charge in [-0.1, -0.05) is 52.3 Å². The molecule has 0 aliphatic carbocycles. The highest BCUT2D eigenvalue weighted by molar-refractivity contribution is 9.10. The van der Waals surface area contributed by atoms with Gasteiger partial charge >= 0.3 is 0 Å². The highest BCUT2D eigenvalue weighted by Crippen LogP contribution is 2.13. The summed E-state index contributed by atoms with van der Waals surface area (Å²) >= 11 is 3.42. The van der Waals surface area contributed by atoms with Gasteiger partial charge in [-0.3, -0.25) is 4.79 Å². The SMILES string of the molecule is Cc1ccccc1C(=O)N/N=C/c1ccccc1Br. The predicted octanol–water partition coefficient (Wildman–Crippen LogP) is 3.52. The fourth-order valence-electron chi connectivity index (χ4n) is 1.63. The van der Waals surface area contributed by atoms with E-state index in [-0.39, 0.29) is 5.91 Å². The highest BCUT2D eigenvalue weighted by atomic mass is 79.9. The highest BCUT2D eigenvalue weighted by Gasteiger charge is 2.06. The molecule has 0 fully saturated rings. The molecular formula is C15H13BrN2O. The molecule has 0 saturated heterocycles. The molecule has 0 saturated carbocycles. The Morgan fingerprint density at radius 1 is 1.16 bits per heavy atom. The molecule has 1 N–H and O–H groups in total. The van der Waals surface area contributed by atoms with Gasteiger partial charge in [0.25, 0.3) is 5.91 Å². The molecule has 2 rings (SSSR count). The molecule has 0 unspecified atom stereocenters. The standard InChI is InChI=1S/C15H13BrN2O/c1-11-6-2-4-8-13(11)15(19)18-17-10-12-7-3-5-9-14(12)16/h2-10H,1H3,(H,18,19)/b17-10+. The van der Waals surface area contributed by atoms with Crippen LogP contribution in [0.4, 0.5) is 0 Å². The van der Waals surface area contributed by atoms with Crippen molar-refractivity contribution in [1.29, 1.82) is 0 Å². The quantitative estimate of drug-likeness (QED) is 0.683. The molecule has 0 atom stereocenters. The van der Waals surface area contributed by atoms with E-state index in [4.69, 9.17) is 0 Å². The number of nitrogens with zero attached hydrogens (tertiary/aromatic N) is 1. The molecule has 0 radical (unpaired) electrons. The summed E-state index contributed by atoms with van der Waals surface area (Å²) in [5, 5.41) is 3.97. The van der Waals surface area contributed by atoms with Crippen molar-refractivity contribution in [1.82, 2.24) is 5.43 Å². The minimum absolute atomic E-state index is 0.207. The Bertz CT molecular complexity index is 623. The topological polar surface area (TPSA) is 41.5 Å². The number of hydrogen-bond acceptors (Lipinski definition) is 2. The maximum Gasteiger partial charge on any atom is 0.271 e. The molecule has 0 aliphatic rings. The van der Waals surface area contributed by atoms with Crippen LogP contribution >= 0.6 is 15.9 Å². The molecule has 0 aliphatic heterocycles. The van der Waals surface area contributed by atoms with Gasteiger partial charge in [-0.25, -0.2) is 5.43 Å². The van der Waals surface area contributed by atoms with E-state index < -0.39 is 0 Å². The monoisotopic (exact) mass is 316 g/mol. The first-order valence-corrected chi connectivity index (χ1v) is 6.61. The van der Waals surface area contributed by atoms with Crippen molar-refractivity contribution in [2.75, 3.05) is 0 Å². The summed E-state index contributed by atoms with van der Waals surface area (Å²) in [6, 6.07) is 15.1. The number of rotatable bonds is 3. The maximum absolute atomic E-state index is 11.9. The molecular weight excluding hydrogens is 304 g/mol. The van der Waals surface area contributed by atoms with Crippen molar-refractivity contribution in [3.8, 4) is 0 Å². The summed E-state index contributed by atoms with van der Waals surface area (Å²) in [5.74, 6) is -0.207. The second-order valence-electron chi connectivity index (χ2n) is 4.04. The van der Waals surface area contributed by atoms with Crippen molar-refractivity contribution in [2.45, 2.75) is 6.92 Å². The fraction of sp³-hybridized carbons (Fsp3) is 0.0667. The largest absolute Gasteiger partial charge is 0.271 e. The number of amides is 1. The zero-order chi connectivity index (χ0) is 13.7. The molecule has 2 aromatic rings. The smallest absolute Gasteiger partial charge is 0.267 e. The first kappa shape index (κ1) is 13.5. The van der Waals surface area contributed by atoms with Crippen LogP contribution in [0.3, 0.4) is 0 Å². The van der Waals surface area contributed by atoms with Gasteiger partial charge in [0.1, 0.15) is 0 Å². The number of halogens is 1. The van der Waals surface area contributed by atoms with Crippen molar-refractivity contribution in [3.05, 3.63) is 69.7 Å². The van der Waals surface area contributed by atoms with Crippen LogP contribution in [0.15, 0.2) is 58.1 Å². The Morgan fingerprint density at radius 3 is 2.58 bits per heavy atom. The second kappa shape index (κ2) is 6.29. The molecule has 4 heteroatoms. The van der Waals surface area contributed by atoms with Crippen molar-refractivity contribution >= 4 is 28.1 Å². The Kier molecular flexibility index (Phi) is 4.47. The predicted molar refractivity (Wildman–Crippen MR) is 80.4 cm³/mol. The summed E-state index contributed by atoms with van der Waals surface area (Å²) in [7, 11) is 0. The lowest BCUT2D eigenvalue weighted by molar-refractivity contribution is 0.0954. The summed E-state index contributed by atoms with van der Waals surface area (Å²) < 4.78 is 0.934. The van der Waals surface area contributed by atoms with Crippen molar-refractivity contribution < 1.29 is 4.79 Å². The molecule has 0 heterocycles. The van der Waals surface area contributed by atoms with E-state index in [2.05, 4.69) is 26.5 Å². The van der Waals surface area contributed by atoms with Gasteiger partial charge in [0.05, 0.1) is 6.21 Å².